The molecule has 1 unspecified atom stereocenters. The van der Waals surface area contributed by atoms with E-state index in [0.29, 0.717) is 12.0 Å². The fourth-order valence-electron chi connectivity index (χ4n) is 2.13. The van der Waals surface area contributed by atoms with Crippen molar-refractivity contribution in [2.45, 2.75) is 32.2 Å². The molecule has 1 atom stereocenters. The molecule has 0 fully saturated rings. The molecule has 2 aromatic rings. The minimum atomic E-state index is 0.340. The van der Waals surface area contributed by atoms with Crippen molar-refractivity contribution in [2.24, 2.45) is 0 Å². The molecule has 0 amide bonds. The molecule has 1 heterocycles. The van der Waals surface area contributed by atoms with Gasteiger partial charge in [0.15, 0.2) is 0 Å². The van der Waals surface area contributed by atoms with Crippen LogP contribution in [0.1, 0.15) is 37.2 Å². The van der Waals surface area contributed by atoms with Crippen molar-refractivity contribution in [3.63, 3.8) is 0 Å². The zero-order valence-corrected chi connectivity index (χ0v) is 14.2. The van der Waals surface area contributed by atoms with Crippen molar-refractivity contribution in [3.8, 4) is 0 Å². The van der Waals surface area contributed by atoms with Crippen LogP contribution in [0.2, 0.25) is 0 Å². The maximum absolute atomic E-state index is 4.40. The second-order valence-corrected chi connectivity index (χ2v) is 6.29. The Hall–Kier alpha value is -0.680. The summed E-state index contributed by atoms with van der Waals surface area (Å²) in [6.45, 7) is 4.25. The lowest BCUT2D eigenvalue weighted by atomic mass is 9.97. The third kappa shape index (κ3) is 3.45. The predicted octanol–water partition coefficient (Wildman–Crippen LogP) is 4.34. The van der Waals surface area contributed by atoms with Gasteiger partial charge < -0.3 is 0 Å². The zero-order valence-electron chi connectivity index (χ0n) is 11.1. The number of alkyl halides is 1. The van der Waals surface area contributed by atoms with Crippen LogP contribution in [0, 0.1) is 0 Å². The standard InChI is InChI=1S/C14H17Br2N3/c1-10(2)19-14(17-9-18-19)7-11(8-15)12-5-3-4-6-13(12)16/h3-6,9-11H,7-8H2,1-2H3. The smallest absolute Gasteiger partial charge is 0.138 e. The quantitative estimate of drug-likeness (QED) is 0.715. The first-order valence-electron chi connectivity index (χ1n) is 6.32. The van der Waals surface area contributed by atoms with E-state index in [1.54, 1.807) is 6.33 Å². The summed E-state index contributed by atoms with van der Waals surface area (Å²) in [4.78, 5) is 4.40. The molecule has 19 heavy (non-hydrogen) atoms. The van der Waals surface area contributed by atoms with E-state index in [2.05, 4.69) is 74.0 Å². The Bertz CT molecular complexity index is 537. The molecule has 5 heteroatoms. The van der Waals surface area contributed by atoms with E-state index in [1.165, 1.54) is 5.56 Å². The normalized spacial score (nSPS) is 12.9. The molecular weight excluding hydrogens is 370 g/mol. The van der Waals surface area contributed by atoms with Crippen LogP contribution in [-0.4, -0.2) is 20.1 Å². The summed E-state index contributed by atoms with van der Waals surface area (Å²) in [7, 11) is 0. The van der Waals surface area contributed by atoms with Gasteiger partial charge in [-0.25, -0.2) is 9.67 Å². The first kappa shape index (κ1) is 14.7. The van der Waals surface area contributed by atoms with Crippen molar-refractivity contribution >= 4 is 31.9 Å². The van der Waals surface area contributed by atoms with Crippen LogP contribution in [0.25, 0.3) is 0 Å². The topological polar surface area (TPSA) is 30.7 Å². The Labute approximate surface area is 130 Å². The number of hydrogen-bond acceptors (Lipinski definition) is 2. The molecule has 0 aliphatic carbocycles. The highest BCUT2D eigenvalue weighted by molar-refractivity contribution is 9.10. The number of aromatic nitrogens is 3. The average molecular weight is 387 g/mol. The van der Waals surface area contributed by atoms with Crippen molar-refractivity contribution in [1.29, 1.82) is 0 Å². The van der Waals surface area contributed by atoms with Gasteiger partial charge >= 0.3 is 0 Å². The van der Waals surface area contributed by atoms with E-state index in [-0.39, 0.29) is 0 Å². The summed E-state index contributed by atoms with van der Waals surface area (Å²) in [6, 6.07) is 8.69. The number of halogens is 2. The van der Waals surface area contributed by atoms with Crippen molar-refractivity contribution in [2.75, 3.05) is 5.33 Å². The van der Waals surface area contributed by atoms with E-state index in [1.807, 2.05) is 10.7 Å². The van der Waals surface area contributed by atoms with Crippen molar-refractivity contribution in [3.05, 3.63) is 46.5 Å². The van der Waals surface area contributed by atoms with Crippen LogP contribution in [0.15, 0.2) is 35.1 Å². The van der Waals surface area contributed by atoms with Gasteiger partial charge in [0.1, 0.15) is 12.2 Å². The first-order valence-corrected chi connectivity index (χ1v) is 8.23. The van der Waals surface area contributed by atoms with Crippen LogP contribution in [0.5, 0.6) is 0 Å². The molecular formula is C14H17Br2N3. The highest BCUT2D eigenvalue weighted by Crippen LogP contribution is 2.29. The molecule has 0 spiro atoms. The first-order chi connectivity index (χ1) is 9.13. The van der Waals surface area contributed by atoms with Gasteiger partial charge in [-0.2, -0.15) is 5.10 Å². The maximum atomic E-state index is 4.40. The van der Waals surface area contributed by atoms with E-state index in [9.17, 15) is 0 Å². The summed E-state index contributed by atoms with van der Waals surface area (Å²) >= 11 is 7.24. The van der Waals surface area contributed by atoms with Gasteiger partial charge in [-0.15, -0.1) is 0 Å². The van der Waals surface area contributed by atoms with Gasteiger partial charge in [-0.05, 0) is 25.5 Å². The summed E-state index contributed by atoms with van der Waals surface area (Å²) in [6.07, 6.45) is 2.52. The van der Waals surface area contributed by atoms with E-state index in [4.69, 9.17) is 0 Å². The van der Waals surface area contributed by atoms with E-state index in [0.717, 1.165) is 22.0 Å². The van der Waals surface area contributed by atoms with Gasteiger partial charge in [-0.3, -0.25) is 0 Å². The lowest BCUT2D eigenvalue weighted by Gasteiger charge is -2.17. The molecule has 0 radical (unpaired) electrons. The minimum absolute atomic E-state index is 0.340. The second kappa shape index (κ2) is 6.66. The van der Waals surface area contributed by atoms with Gasteiger partial charge in [0.25, 0.3) is 0 Å². The molecule has 1 aromatic carbocycles. The molecule has 1 aromatic heterocycles. The number of hydrogen-bond donors (Lipinski definition) is 0. The molecule has 0 aliphatic rings. The van der Waals surface area contributed by atoms with Crippen LogP contribution in [-0.2, 0) is 6.42 Å². The van der Waals surface area contributed by atoms with Crippen LogP contribution < -0.4 is 0 Å². The monoisotopic (exact) mass is 385 g/mol. The number of benzene rings is 1. The number of nitrogens with zero attached hydrogens (tertiary/aromatic N) is 3. The van der Waals surface area contributed by atoms with Crippen LogP contribution in [0.3, 0.4) is 0 Å². The molecule has 3 nitrogen and oxygen atoms in total. The van der Waals surface area contributed by atoms with Gasteiger partial charge in [0.05, 0.1) is 0 Å². The third-order valence-corrected chi connectivity index (χ3v) is 4.60. The van der Waals surface area contributed by atoms with Crippen LogP contribution in [0.4, 0.5) is 0 Å². The molecule has 2 rings (SSSR count). The van der Waals surface area contributed by atoms with Crippen molar-refractivity contribution in [1.82, 2.24) is 14.8 Å². The van der Waals surface area contributed by atoms with E-state index < -0.39 is 0 Å². The molecule has 0 saturated carbocycles. The van der Waals surface area contributed by atoms with Crippen molar-refractivity contribution < 1.29 is 0 Å². The molecule has 0 N–H and O–H groups in total. The summed E-state index contributed by atoms with van der Waals surface area (Å²) in [5, 5.41) is 5.20. The molecule has 0 aliphatic heterocycles. The Balaban J connectivity index is 2.25. The second-order valence-electron chi connectivity index (χ2n) is 4.79. The van der Waals surface area contributed by atoms with Gasteiger partial charge in [-0.1, -0.05) is 50.1 Å². The molecule has 0 saturated heterocycles. The Morgan fingerprint density at radius 2 is 2.00 bits per heavy atom. The average Bonchev–Trinajstić information content (AvgIpc) is 2.85. The molecule has 0 bridgehead atoms. The Kier molecular flexibility index (Phi) is 5.16. The van der Waals surface area contributed by atoms with Crippen LogP contribution >= 0.6 is 31.9 Å². The summed E-state index contributed by atoms with van der Waals surface area (Å²) < 4.78 is 3.14. The highest BCUT2D eigenvalue weighted by Gasteiger charge is 2.17. The lowest BCUT2D eigenvalue weighted by molar-refractivity contribution is 0.496. The van der Waals surface area contributed by atoms with Gasteiger partial charge in [0.2, 0.25) is 0 Å². The maximum Gasteiger partial charge on any atom is 0.138 e. The van der Waals surface area contributed by atoms with E-state index >= 15 is 0 Å². The highest BCUT2D eigenvalue weighted by atomic mass is 79.9. The summed E-state index contributed by atoms with van der Waals surface area (Å²) in [5.74, 6) is 1.42. The summed E-state index contributed by atoms with van der Waals surface area (Å²) in [5.41, 5.74) is 1.30. The molecule has 102 valence electrons. The fourth-order valence-corrected chi connectivity index (χ4v) is 3.31. The van der Waals surface area contributed by atoms with Gasteiger partial charge in [0, 0.05) is 28.2 Å². The SMILES string of the molecule is CC(C)n1ncnc1CC(CBr)c1ccccc1Br. The lowest BCUT2D eigenvalue weighted by Crippen LogP contribution is -2.13. The number of rotatable bonds is 5. The predicted molar refractivity (Wildman–Crippen MR) is 84.8 cm³/mol. The fraction of sp³-hybridized carbons (Fsp3) is 0.429. The Morgan fingerprint density at radius 1 is 1.26 bits per heavy atom. The third-order valence-electron chi connectivity index (χ3n) is 3.10. The Morgan fingerprint density at radius 3 is 2.63 bits per heavy atom. The zero-order chi connectivity index (χ0) is 13.8. The minimum Gasteiger partial charge on any atom is -0.248 e. The largest absolute Gasteiger partial charge is 0.248 e.